The lowest BCUT2D eigenvalue weighted by Crippen LogP contribution is -2.17. The van der Waals surface area contributed by atoms with Crippen LogP contribution in [0, 0.1) is 0 Å². The van der Waals surface area contributed by atoms with E-state index in [0.717, 1.165) is 50.0 Å². The molecule has 1 fully saturated rings. The van der Waals surface area contributed by atoms with E-state index in [2.05, 4.69) is 91.8 Å². The molecule has 0 bridgehead atoms. The average Bonchev–Trinajstić information content (AvgIpc) is 2.95. The molecule has 3 rings (SSSR count). The van der Waals surface area contributed by atoms with Gasteiger partial charge >= 0.3 is 8.60 Å². The van der Waals surface area contributed by atoms with E-state index in [-0.39, 0.29) is 6.10 Å². The van der Waals surface area contributed by atoms with E-state index in [9.17, 15) is 0 Å². The quantitative estimate of drug-likeness (QED) is 0.223. The summed E-state index contributed by atoms with van der Waals surface area (Å²) in [6, 6.07) is 13.3. The maximum absolute atomic E-state index is 6.57. The lowest BCUT2D eigenvalue weighted by Gasteiger charge is -2.27. The molecule has 4 atom stereocenters. The SMILES string of the molecule is CCC(C)c1ccc(OP(Oc2ccc(C(C)CC)c(C(C)CC)c2)OC2CCCCC2)cc1C(C)CC. The van der Waals surface area contributed by atoms with Gasteiger partial charge in [-0.2, -0.15) is 0 Å². The van der Waals surface area contributed by atoms with Gasteiger partial charge in [0.05, 0.1) is 6.10 Å². The van der Waals surface area contributed by atoms with Crippen molar-refractivity contribution in [2.45, 2.75) is 143 Å². The summed E-state index contributed by atoms with van der Waals surface area (Å²) in [6.45, 7) is 18.3. The molecule has 2 aromatic rings. The Morgan fingerprint density at radius 3 is 1.39 bits per heavy atom. The fraction of sp³-hybridized carbons (Fsp3) is 0.647. The van der Waals surface area contributed by atoms with E-state index >= 15 is 0 Å². The van der Waals surface area contributed by atoms with Gasteiger partial charge in [0.15, 0.2) is 0 Å². The van der Waals surface area contributed by atoms with E-state index in [1.54, 1.807) is 0 Å². The third-order valence-corrected chi connectivity index (χ3v) is 10.0. The number of benzene rings is 2. The topological polar surface area (TPSA) is 27.7 Å². The van der Waals surface area contributed by atoms with Gasteiger partial charge in [0.25, 0.3) is 0 Å². The highest BCUT2D eigenvalue weighted by Crippen LogP contribution is 2.47. The van der Waals surface area contributed by atoms with Crippen molar-refractivity contribution in [3.63, 3.8) is 0 Å². The van der Waals surface area contributed by atoms with Gasteiger partial charge in [0.2, 0.25) is 0 Å². The van der Waals surface area contributed by atoms with Gasteiger partial charge in [-0.25, -0.2) is 0 Å². The van der Waals surface area contributed by atoms with Gasteiger partial charge < -0.3 is 9.05 Å². The van der Waals surface area contributed by atoms with Crippen LogP contribution in [-0.2, 0) is 4.52 Å². The molecule has 2 aromatic carbocycles. The molecule has 4 unspecified atom stereocenters. The molecule has 1 aliphatic rings. The van der Waals surface area contributed by atoms with Gasteiger partial charge in [-0.15, -0.1) is 0 Å². The normalized spacial score (nSPS) is 18.4. The van der Waals surface area contributed by atoms with Gasteiger partial charge in [0, 0.05) is 0 Å². The average molecular weight is 541 g/mol. The molecule has 0 heterocycles. The van der Waals surface area contributed by atoms with Crippen LogP contribution in [0.4, 0.5) is 0 Å². The van der Waals surface area contributed by atoms with E-state index in [0.29, 0.717) is 23.7 Å². The van der Waals surface area contributed by atoms with Crippen LogP contribution in [0.25, 0.3) is 0 Å². The Labute approximate surface area is 235 Å². The first-order chi connectivity index (χ1) is 18.3. The largest absolute Gasteiger partial charge is 0.463 e. The minimum absolute atomic E-state index is 0.205. The molecule has 212 valence electrons. The van der Waals surface area contributed by atoms with Crippen LogP contribution in [0.3, 0.4) is 0 Å². The maximum Gasteiger partial charge on any atom is 0.463 e. The van der Waals surface area contributed by atoms with Crippen molar-refractivity contribution in [1.82, 2.24) is 0 Å². The standard InChI is InChI=1S/C34H53O3P/c1-9-24(5)31-20-18-29(22-33(31)26(7)11-3)36-38(35-28-16-14-13-15-17-28)37-30-19-21-32(25(6)10-2)34(23-30)27(8)12-4/h18-28H,9-17H2,1-8H3. The Balaban J connectivity index is 1.91. The number of hydrogen-bond donors (Lipinski definition) is 0. The van der Waals surface area contributed by atoms with Crippen molar-refractivity contribution in [3.8, 4) is 11.5 Å². The summed E-state index contributed by atoms with van der Waals surface area (Å²) >= 11 is 0. The number of rotatable bonds is 14. The molecule has 1 saturated carbocycles. The molecule has 0 radical (unpaired) electrons. The molecule has 0 aliphatic heterocycles. The summed E-state index contributed by atoms with van der Waals surface area (Å²) in [6.07, 6.45) is 10.6. The van der Waals surface area contributed by atoms with Crippen molar-refractivity contribution in [2.24, 2.45) is 0 Å². The van der Waals surface area contributed by atoms with Crippen LogP contribution in [0.2, 0.25) is 0 Å². The van der Waals surface area contributed by atoms with Crippen molar-refractivity contribution in [1.29, 1.82) is 0 Å². The second-order valence-corrected chi connectivity index (χ2v) is 12.6. The van der Waals surface area contributed by atoms with Gasteiger partial charge in [-0.3, -0.25) is 4.52 Å². The summed E-state index contributed by atoms with van der Waals surface area (Å²) in [5.74, 6) is 3.75. The molecule has 0 saturated heterocycles. The third kappa shape index (κ3) is 8.22. The Morgan fingerprint density at radius 2 is 1.00 bits per heavy atom. The first-order valence-electron chi connectivity index (χ1n) is 15.4. The second-order valence-electron chi connectivity index (χ2n) is 11.6. The van der Waals surface area contributed by atoms with E-state index in [4.69, 9.17) is 13.6 Å². The molecule has 38 heavy (non-hydrogen) atoms. The first-order valence-corrected chi connectivity index (χ1v) is 16.5. The summed E-state index contributed by atoms with van der Waals surface area (Å²) in [7, 11) is -1.57. The summed E-state index contributed by atoms with van der Waals surface area (Å²) < 4.78 is 19.7. The zero-order valence-electron chi connectivity index (χ0n) is 25.4. The summed E-state index contributed by atoms with van der Waals surface area (Å²) in [5, 5.41) is 0. The van der Waals surface area contributed by atoms with Crippen LogP contribution in [-0.4, -0.2) is 6.10 Å². The zero-order chi connectivity index (χ0) is 27.7. The first kappa shape index (κ1) is 31.0. The molecular weight excluding hydrogens is 487 g/mol. The predicted molar refractivity (Wildman–Crippen MR) is 164 cm³/mol. The van der Waals surface area contributed by atoms with Crippen LogP contribution in [0.1, 0.15) is 159 Å². The third-order valence-electron chi connectivity index (χ3n) is 8.84. The van der Waals surface area contributed by atoms with E-state index in [1.807, 2.05) is 0 Å². The maximum atomic E-state index is 6.57. The van der Waals surface area contributed by atoms with Crippen LogP contribution < -0.4 is 9.05 Å². The molecule has 3 nitrogen and oxygen atoms in total. The minimum Gasteiger partial charge on any atom is -0.418 e. The fourth-order valence-electron chi connectivity index (χ4n) is 5.38. The highest BCUT2D eigenvalue weighted by molar-refractivity contribution is 7.42. The predicted octanol–water partition coefficient (Wildman–Crippen LogP) is 11.8. The highest BCUT2D eigenvalue weighted by Gasteiger charge is 2.26. The van der Waals surface area contributed by atoms with Crippen LogP contribution >= 0.6 is 8.60 Å². The van der Waals surface area contributed by atoms with E-state index < -0.39 is 8.60 Å². The number of hydrogen-bond acceptors (Lipinski definition) is 3. The Hall–Kier alpha value is -1.57. The Morgan fingerprint density at radius 1 is 0.605 bits per heavy atom. The Bertz CT molecular complexity index is 914. The lowest BCUT2D eigenvalue weighted by molar-refractivity contribution is 0.138. The smallest absolute Gasteiger partial charge is 0.418 e. The summed E-state index contributed by atoms with van der Waals surface area (Å²) in [5.41, 5.74) is 5.66. The molecule has 0 amide bonds. The fourth-order valence-corrected chi connectivity index (χ4v) is 6.53. The van der Waals surface area contributed by atoms with Gasteiger partial charge in [-0.05, 0) is 109 Å². The van der Waals surface area contributed by atoms with E-state index in [1.165, 1.54) is 41.5 Å². The molecule has 0 N–H and O–H groups in total. The van der Waals surface area contributed by atoms with Crippen molar-refractivity contribution in [2.75, 3.05) is 0 Å². The Kier molecular flexibility index (Phi) is 12.4. The molecule has 1 aliphatic carbocycles. The molecular formula is C34H53O3P. The monoisotopic (exact) mass is 540 g/mol. The molecule has 4 heteroatoms. The zero-order valence-corrected chi connectivity index (χ0v) is 26.3. The summed E-state index contributed by atoms with van der Waals surface area (Å²) in [4.78, 5) is 0. The minimum atomic E-state index is -1.57. The van der Waals surface area contributed by atoms with Crippen molar-refractivity contribution < 1.29 is 13.6 Å². The highest BCUT2D eigenvalue weighted by atomic mass is 31.2. The van der Waals surface area contributed by atoms with Crippen LogP contribution in [0.15, 0.2) is 36.4 Å². The van der Waals surface area contributed by atoms with Gasteiger partial charge in [-0.1, -0.05) is 86.8 Å². The van der Waals surface area contributed by atoms with Crippen LogP contribution in [0.5, 0.6) is 11.5 Å². The lowest BCUT2D eigenvalue weighted by atomic mass is 9.86. The second kappa shape index (κ2) is 15.3. The van der Waals surface area contributed by atoms with Crippen molar-refractivity contribution >= 4 is 8.60 Å². The van der Waals surface area contributed by atoms with Gasteiger partial charge in [0.1, 0.15) is 11.5 Å². The molecule has 0 spiro atoms. The molecule has 0 aromatic heterocycles. The van der Waals surface area contributed by atoms with Crippen molar-refractivity contribution in [3.05, 3.63) is 58.7 Å².